The molecule has 34 heavy (non-hydrogen) atoms. The summed E-state index contributed by atoms with van der Waals surface area (Å²) in [6.07, 6.45) is -0.124. The number of thioether (sulfide) groups is 1. The maximum absolute atomic E-state index is 13.9. The molecule has 1 N–H and O–H groups in total. The minimum atomic E-state index is -0.521. The molecule has 0 radical (unpaired) electrons. The van der Waals surface area contributed by atoms with Gasteiger partial charge in [-0.05, 0) is 36.4 Å². The van der Waals surface area contributed by atoms with Crippen LogP contribution in [0.4, 0.5) is 10.1 Å². The lowest BCUT2D eigenvalue weighted by Gasteiger charge is -2.11. The number of hydrogen-bond donors (Lipinski definition) is 1. The van der Waals surface area contributed by atoms with Crippen LogP contribution in [0.15, 0.2) is 84.0 Å². The van der Waals surface area contributed by atoms with E-state index in [9.17, 15) is 14.0 Å². The fourth-order valence-corrected chi connectivity index (χ4v) is 4.12. The van der Waals surface area contributed by atoms with Crippen molar-refractivity contribution in [2.75, 3.05) is 18.2 Å². The third-order valence-electron chi connectivity index (χ3n) is 4.91. The first kappa shape index (κ1) is 23.2. The lowest BCUT2D eigenvalue weighted by atomic mass is 10.1. The number of halogens is 1. The second-order valence-electron chi connectivity index (χ2n) is 7.22. The fraction of sp³-hybridized carbons (Fsp3) is 0.120. The van der Waals surface area contributed by atoms with Gasteiger partial charge in [-0.3, -0.25) is 14.2 Å². The molecule has 7 nitrogen and oxygen atoms in total. The van der Waals surface area contributed by atoms with E-state index in [4.69, 9.17) is 4.74 Å². The van der Waals surface area contributed by atoms with Gasteiger partial charge < -0.3 is 10.1 Å². The average Bonchev–Trinajstić information content (AvgIpc) is 3.26. The Balaban J connectivity index is 1.54. The Morgan fingerprint density at radius 2 is 1.76 bits per heavy atom. The zero-order valence-corrected chi connectivity index (χ0v) is 19.1. The molecule has 4 rings (SSSR count). The molecule has 0 saturated carbocycles. The number of ether oxygens (including phenoxy) is 1. The first-order valence-corrected chi connectivity index (χ1v) is 11.4. The summed E-state index contributed by atoms with van der Waals surface area (Å²) in [5.41, 5.74) is 1.37. The summed E-state index contributed by atoms with van der Waals surface area (Å²) in [6, 6.07) is 22.2. The standard InChI is InChI=1S/C25H21FN4O3S/c1-33-19-11-7-8-17(14-19)22(31)16-34-25-29-28-23(30(25)18-9-3-2-4-10-18)15-24(32)27-21-13-6-5-12-20(21)26/h2-14H,15-16H2,1H3,(H,27,32). The summed E-state index contributed by atoms with van der Waals surface area (Å²) >= 11 is 1.22. The number of ketones is 1. The van der Waals surface area contributed by atoms with Crippen LogP contribution in [0.25, 0.3) is 5.69 Å². The summed E-state index contributed by atoms with van der Waals surface area (Å²) in [5.74, 6) is 0.0547. The van der Waals surface area contributed by atoms with Gasteiger partial charge in [0.15, 0.2) is 10.9 Å². The van der Waals surface area contributed by atoms with Crippen molar-refractivity contribution in [2.24, 2.45) is 0 Å². The first-order valence-electron chi connectivity index (χ1n) is 10.4. The third kappa shape index (κ3) is 5.49. The molecule has 1 heterocycles. The number of nitrogens with zero attached hydrogens (tertiary/aromatic N) is 3. The molecule has 0 bridgehead atoms. The van der Waals surface area contributed by atoms with Crippen molar-refractivity contribution >= 4 is 29.1 Å². The van der Waals surface area contributed by atoms with Gasteiger partial charge >= 0.3 is 0 Å². The Morgan fingerprint density at radius 1 is 1.00 bits per heavy atom. The van der Waals surface area contributed by atoms with Crippen LogP contribution in [-0.2, 0) is 11.2 Å². The molecule has 1 amide bonds. The number of methoxy groups -OCH3 is 1. The zero-order valence-electron chi connectivity index (χ0n) is 18.3. The molecule has 3 aromatic carbocycles. The van der Waals surface area contributed by atoms with Gasteiger partial charge in [0.1, 0.15) is 17.4 Å². The van der Waals surface area contributed by atoms with Crippen LogP contribution in [0.3, 0.4) is 0 Å². The maximum atomic E-state index is 13.9. The molecule has 0 atom stereocenters. The molecule has 9 heteroatoms. The Bertz CT molecular complexity index is 1310. The van der Waals surface area contributed by atoms with Crippen molar-refractivity contribution in [3.05, 3.63) is 96.1 Å². The van der Waals surface area contributed by atoms with E-state index in [-0.39, 0.29) is 23.6 Å². The lowest BCUT2D eigenvalue weighted by Crippen LogP contribution is -2.18. The molecule has 0 spiro atoms. The van der Waals surface area contributed by atoms with Crippen LogP contribution in [-0.4, -0.2) is 39.3 Å². The van der Waals surface area contributed by atoms with Crippen LogP contribution in [0.5, 0.6) is 5.75 Å². The number of para-hydroxylation sites is 2. The van der Waals surface area contributed by atoms with Crippen molar-refractivity contribution in [3.8, 4) is 11.4 Å². The van der Waals surface area contributed by atoms with E-state index in [0.29, 0.717) is 22.3 Å². The number of hydrogen-bond acceptors (Lipinski definition) is 6. The fourth-order valence-electron chi connectivity index (χ4n) is 3.26. The molecular weight excluding hydrogens is 455 g/mol. The van der Waals surface area contributed by atoms with Crippen molar-refractivity contribution in [1.29, 1.82) is 0 Å². The van der Waals surface area contributed by atoms with Crippen molar-refractivity contribution in [2.45, 2.75) is 11.6 Å². The van der Waals surface area contributed by atoms with Crippen molar-refractivity contribution < 1.29 is 18.7 Å². The number of carbonyl (C=O) groups is 2. The maximum Gasteiger partial charge on any atom is 0.232 e. The van der Waals surface area contributed by atoms with Crippen LogP contribution in [0, 0.1) is 5.82 Å². The summed E-state index contributed by atoms with van der Waals surface area (Å²) in [5, 5.41) is 11.4. The molecule has 4 aromatic rings. The second-order valence-corrected chi connectivity index (χ2v) is 8.16. The van der Waals surface area contributed by atoms with Crippen LogP contribution in [0.2, 0.25) is 0 Å². The predicted octanol–water partition coefficient (Wildman–Crippen LogP) is 4.57. The predicted molar refractivity (Wildman–Crippen MR) is 128 cm³/mol. The number of amides is 1. The van der Waals surface area contributed by atoms with E-state index in [0.717, 1.165) is 5.69 Å². The molecule has 172 valence electrons. The smallest absolute Gasteiger partial charge is 0.232 e. The monoisotopic (exact) mass is 476 g/mol. The van der Waals surface area contributed by atoms with Gasteiger partial charge in [-0.25, -0.2) is 4.39 Å². The Labute approximate surface area is 200 Å². The number of aromatic nitrogens is 3. The molecule has 1 aromatic heterocycles. The first-order chi connectivity index (χ1) is 16.5. The quantitative estimate of drug-likeness (QED) is 0.281. The highest BCUT2D eigenvalue weighted by atomic mass is 32.2. The summed E-state index contributed by atoms with van der Waals surface area (Å²) < 4.78 is 20.8. The minimum Gasteiger partial charge on any atom is -0.497 e. The largest absolute Gasteiger partial charge is 0.497 e. The van der Waals surface area contributed by atoms with Crippen molar-refractivity contribution in [3.63, 3.8) is 0 Å². The Hall–Kier alpha value is -3.98. The number of benzene rings is 3. The van der Waals surface area contributed by atoms with Gasteiger partial charge in [-0.15, -0.1) is 10.2 Å². The molecule has 0 unspecified atom stereocenters. The van der Waals surface area contributed by atoms with Gasteiger partial charge in [-0.2, -0.15) is 0 Å². The van der Waals surface area contributed by atoms with Gasteiger partial charge in [0, 0.05) is 11.3 Å². The number of nitrogens with one attached hydrogen (secondary N) is 1. The normalized spacial score (nSPS) is 10.6. The van der Waals surface area contributed by atoms with Gasteiger partial charge in [0.05, 0.1) is 25.0 Å². The highest BCUT2D eigenvalue weighted by Gasteiger charge is 2.19. The molecule has 0 aliphatic heterocycles. The highest BCUT2D eigenvalue weighted by Crippen LogP contribution is 2.24. The molecule has 0 fully saturated rings. The number of carbonyl (C=O) groups excluding carboxylic acids is 2. The molecule has 0 aliphatic carbocycles. The van der Waals surface area contributed by atoms with Crippen LogP contribution >= 0.6 is 11.8 Å². The van der Waals surface area contributed by atoms with E-state index >= 15 is 0 Å². The van der Waals surface area contributed by atoms with Gasteiger partial charge in [-0.1, -0.05) is 54.2 Å². The Kier molecular flexibility index (Phi) is 7.34. The molecular formula is C25H21FN4O3S. The minimum absolute atomic E-state index is 0.0923. The second kappa shape index (κ2) is 10.8. The van der Waals surface area contributed by atoms with Gasteiger partial charge in [0.25, 0.3) is 0 Å². The van der Waals surface area contributed by atoms with E-state index in [2.05, 4.69) is 15.5 Å². The van der Waals surface area contributed by atoms with E-state index in [1.165, 1.54) is 23.9 Å². The topological polar surface area (TPSA) is 86.1 Å². The van der Waals surface area contributed by atoms with Crippen LogP contribution in [0.1, 0.15) is 16.2 Å². The highest BCUT2D eigenvalue weighted by molar-refractivity contribution is 7.99. The summed E-state index contributed by atoms with van der Waals surface area (Å²) in [4.78, 5) is 25.3. The molecule has 0 aliphatic rings. The summed E-state index contributed by atoms with van der Waals surface area (Å²) in [6.45, 7) is 0. The van der Waals surface area contributed by atoms with E-state index < -0.39 is 11.7 Å². The number of Topliss-reactive ketones (excluding diaryl/α,β-unsaturated/α-hetero) is 1. The Morgan fingerprint density at radius 3 is 2.53 bits per heavy atom. The number of anilines is 1. The number of rotatable bonds is 9. The van der Waals surface area contributed by atoms with E-state index in [1.807, 2.05) is 30.3 Å². The summed E-state index contributed by atoms with van der Waals surface area (Å²) in [7, 11) is 1.55. The average molecular weight is 477 g/mol. The van der Waals surface area contributed by atoms with E-state index in [1.54, 1.807) is 48.1 Å². The van der Waals surface area contributed by atoms with Crippen LogP contribution < -0.4 is 10.1 Å². The molecule has 0 saturated heterocycles. The van der Waals surface area contributed by atoms with Crippen molar-refractivity contribution in [1.82, 2.24) is 14.8 Å². The van der Waals surface area contributed by atoms with Gasteiger partial charge in [0.2, 0.25) is 5.91 Å². The lowest BCUT2D eigenvalue weighted by molar-refractivity contribution is -0.115. The zero-order chi connectivity index (χ0) is 23.9. The third-order valence-corrected chi connectivity index (χ3v) is 5.83. The SMILES string of the molecule is COc1cccc(C(=O)CSc2nnc(CC(=O)Nc3ccccc3F)n2-c2ccccc2)c1.